The second kappa shape index (κ2) is 4.05. The third kappa shape index (κ3) is 1.98. The average molecular weight is 332 g/mol. The van der Waals surface area contributed by atoms with E-state index in [0.717, 1.165) is 16.1 Å². The third-order valence-corrected chi connectivity index (χ3v) is 4.40. The highest BCUT2D eigenvalue weighted by atomic mass is 127. The highest BCUT2D eigenvalue weighted by Gasteiger charge is 2.09. The fourth-order valence-electron chi connectivity index (χ4n) is 1.29. The van der Waals surface area contributed by atoms with Crippen molar-refractivity contribution in [2.75, 3.05) is 0 Å². The zero-order valence-electron chi connectivity index (χ0n) is 8.30. The molecule has 2 rings (SSSR count). The number of aromatic nitrogens is 2. The number of thiophene rings is 1. The molecule has 0 radical (unpaired) electrons. The molecule has 3 nitrogen and oxygen atoms in total. The predicted octanol–water partition coefficient (Wildman–Crippen LogP) is 2.72. The number of hydrogen-bond acceptors (Lipinski definition) is 3. The summed E-state index contributed by atoms with van der Waals surface area (Å²) in [6.45, 7) is 3.86. The Morgan fingerprint density at radius 3 is 2.73 bits per heavy atom. The van der Waals surface area contributed by atoms with Crippen molar-refractivity contribution in [1.29, 1.82) is 0 Å². The summed E-state index contributed by atoms with van der Waals surface area (Å²) in [6, 6.07) is 2.02. The number of nitrogens with zero attached hydrogens (tertiary/aromatic N) is 1. The molecular formula is C10H9IN2OS. The van der Waals surface area contributed by atoms with Crippen molar-refractivity contribution in [3.8, 4) is 10.7 Å². The molecule has 0 aromatic carbocycles. The molecule has 0 spiro atoms. The lowest BCUT2D eigenvalue weighted by atomic mass is 10.3. The Morgan fingerprint density at radius 2 is 2.20 bits per heavy atom. The lowest BCUT2D eigenvalue weighted by molar-refractivity contribution is 1.05. The van der Waals surface area contributed by atoms with Crippen LogP contribution >= 0.6 is 33.9 Å². The summed E-state index contributed by atoms with van der Waals surface area (Å²) in [5.41, 5.74) is 1.86. The number of aromatic amines is 1. The van der Waals surface area contributed by atoms with E-state index in [-0.39, 0.29) is 5.56 Å². The molecule has 0 aliphatic rings. The molecule has 0 bridgehead atoms. The average Bonchev–Trinajstić information content (AvgIpc) is 2.60. The van der Waals surface area contributed by atoms with Crippen molar-refractivity contribution in [2.45, 2.75) is 13.8 Å². The summed E-state index contributed by atoms with van der Waals surface area (Å²) >= 11 is 3.60. The van der Waals surface area contributed by atoms with E-state index in [1.807, 2.05) is 47.9 Å². The van der Waals surface area contributed by atoms with Crippen LogP contribution in [0.15, 0.2) is 16.2 Å². The molecule has 0 aliphatic heterocycles. The quantitative estimate of drug-likeness (QED) is 0.816. The van der Waals surface area contributed by atoms with Crippen LogP contribution in [-0.2, 0) is 0 Å². The maximum absolute atomic E-state index is 11.6. The van der Waals surface area contributed by atoms with Gasteiger partial charge in [-0.25, -0.2) is 4.98 Å². The molecule has 0 saturated carbocycles. The Kier molecular flexibility index (Phi) is 2.92. The lowest BCUT2D eigenvalue weighted by Crippen LogP contribution is -2.14. The molecular weight excluding hydrogens is 323 g/mol. The van der Waals surface area contributed by atoms with E-state index in [1.165, 1.54) is 0 Å². The summed E-state index contributed by atoms with van der Waals surface area (Å²) in [5, 5.41) is 2.00. The molecule has 5 heteroatoms. The zero-order valence-corrected chi connectivity index (χ0v) is 11.3. The van der Waals surface area contributed by atoms with Gasteiger partial charge in [-0.1, -0.05) is 0 Å². The Hall–Kier alpha value is -0.690. The van der Waals surface area contributed by atoms with Crippen molar-refractivity contribution in [3.63, 3.8) is 0 Å². The Morgan fingerprint density at radius 1 is 1.47 bits per heavy atom. The van der Waals surface area contributed by atoms with Crippen molar-refractivity contribution in [3.05, 3.63) is 36.6 Å². The molecule has 2 aromatic heterocycles. The smallest absolute Gasteiger partial charge is 0.264 e. The van der Waals surface area contributed by atoms with Crippen LogP contribution in [0.3, 0.4) is 0 Å². The monoisotopic (exact) mass is 332 g/mol. The van der Waals surface area contributed by atoms with Crippen LogP contribution in [0.4, 0.5) is 0 Å². The molecule has 2 heterocycles. The van der Waals surface area contributed by atoms with E-state index < -0.39 is 0 Å². The van der Waals surface area contributed by atoms with Crippen molar-refractivity contribution in [1.82, 2.24) is 9.97 Å². The first-order valence-electron chi connectivity index (χ1n) is 4.40. The van der Waals surface area contributed by atoms with Crippen molar-refractivity contribution < 1.29 is 0 Å². The van der Waals surface area contributed by atoms with Gasteiger partial charge in [0, 0.05) is 0 Å². The first kappa shape index (κ1) is 10.8. The van der Waals surface area contributed by atoms with Gasteiger partial charge in [0.15, 0.2) is 5.82 Å². The Bertz CT molecular complexity index is 559. The second-order valence-electron chi connectivity index (χ2n) is 3.25. The van der Waals surface area contributed by atoms with Gasteiger partial charge in [0.1, 0.15) is 0 Å². The molecule has 0 aliphatic carbocycles. The molecule has 78 valence electrons. The summed E-state index contributed by atoms with van der Waals surface area (Å²) in [5.74, 6) is 0.672. The minimum Gasteiger partial charge on any atom is -0.305 e. The normalized spacial score (nSPS) is 10.6. The molecule has 0 saturated heterocycles. The van der Waals surface area contributed by atoms with Gasteiger partial charge in [-0.2, -0.15) is 0 Å². The molecule has 0 unspecified atom stereocenters. The highest BCUT2D eigenvalue weighted by molar-refractivity contribution is 14.1. The van der Waals surface area contributed by atoms with Gasteiger partial charge in [-0.15, -0.1) is 11.3 Å². The van der Waals surface area contributed by atoms with Gasteiger partial charge in [-0.05, 0) is 53.4 Å². The van der Waals surface area contributed by atoms with Gasteiger partial charge in [-0.3, -0.25) is 4.79 Å². The number of nitrogens with one attached hydrogen (secondary N) is 1. The number of hydrogen-bond donors (Lipinski definition) is 1. The minimum atomic E-state index is -0.0640. The molecule has 0 amide bonds. The van der Waals surface area contributed by atoms with Gasteiger partial charge in [0.05, 0.1) is 14.1 Å². The zero-order chi connectivity index (χ0) is 11.0. The van der Waals surface area contributed by atoms with Crippen LogP contribution in [0.1, 0.15) is 11.3 Å². The SMILES string of the molecule is Cc1ccsc1-c1nc(C)c(I)c(=O)[nH]1. The second-order valence-corrected chi connectivity index (χ2v) is 5.24. The van der Waals surface area contributed by atoms with E-state index in [1.54, 1.807) is 11.3 Å². The summed E-state index contributed by atoms with van der Waals surface area (Å²) in [4.78, 5) is 19.8. The number of H-pyrrole nitrogens is 1. The lowest BCUT2D eigenvalue weighted by Gasteiger charge is -2.02. The number of halogens is 1. The molecule has 0 fully saturated rings. The third-order valence-electron chi connectivity index (χ3n) is 2.11. The first-order chi connectivity index (χ1) is 7.09. The van der Waals surface area contributed by atoms with Gasteiger partial charge in [0.25, 0.3) is 5.56 Å². The van der Waals surface area contributed by atoms with Crippen LogP contribution in [0.2, 0.25) is 0 Å². The summed E-state index contributed by atoms with van der Waals surface area (Å²) in [7, 11) is 0. The highest BCUT2D eigenvalue weighted by Crippen LogP contribution is 2.25. The van der Waals surface area contributed by atoms with E-state index in [2.05, 4.69) is 9.97 Å². The largest absolute Gasteiger partial charge is 0.305 e. The van der Waals surface area contributed by atoms with E-state index >= 15 is 0 Å². The minimum absolute atomic E-state index is 0.0640. The molecule has 15 heavy (non-hydrogen) atoms. The predicted molar refractivity (Wildman–Crippen MR) is 70.4 cm³/mol. The van der Waals surface area contributed by atoms with Crippen LogP contribution in [0.25, 0.3) is 10.7 Å². The maximum atomic E-state index is 11.6. The van der Waals surface area contributed by atoms with Crippen LogP contribution in [0.5, 0.6) is 0 Å². The number of rotatable bonds is 1. The van der Waals surface area contributed by atoms with Crippen LogP contribution in [0, 0.1) is 17.4 Å². The van der Waals surface area contributed by atoms with Gasteiger partial charge >= 0.3 is 0 Å². The molecule has 0 atom stereocenters. The first-order valence-corrected chi connectivity index (χ1v) is 6.36. The van der Waals surface area contributed by atoms with Crippen LogP contribution in [-0.4, -0.2) is 9.97 Å². The Labute approximate surface area is 105 Å². The molecule has 1 N–H and O–H groups in total. The van der Waals surface area contributed by atoms with Gasteiger partial charge in [0.2, 0.25) is 0 Å². The number of aryl methyl sites for hydroxylation is 2. The van der Waals surface area contributed by atoms with Crippen molar-refractivity contribution >= 4 is 33.9 Å². The Balaban J connectivity index is 2.66. The standard InChI is InChI=1S/C10H9IN2OS/c1-5-3-4-15-8(5)9-12-6(2)7(11)10(14)13-9/h3-4H,1-2H3,(H,12,13,14). The van der Waals surface area contributed by atoms with Gasteiger partial charge < -0.3 is 4.98 Å². The topological polar surface area (TPSA) is 45.8 Å². The fraction of sp³-hybridized carbons (Fsp3) is 0.200. The molecule has 2 aromatic rings. The van der Waals surface area contributed by atoms with E-state index in [0.29, 0.717) is 9.39 Å². The summed E-state index contributed by atoms with van der Waals surface area (Å²) in [6.07, 6.45) is 0. The van der Waals surface area contributed by atoms with E-state index in [4.69, 9.17) is 0 Å². The maximum Gasteiger partial charge on any atom is 0.264 e. The summed E-state index contributed by atoms with van der Waals surface area (Å²) < 4.78 is 0.658. The van der Waals surface area contributed by atoms with Crippen molar-refractivity contribution in [2.24, 2.45) is 0 Å². The fourth-order valence-corrected chi connectivity index (χ4v) is 2.42. The van der Waals surface area contributed by atoms with E-state index in [9.17, 15) is 4.79 Å². The van der Waals surface area contributed by atoms with Crippen LogP contribution < -0.4 is 5.56 Å².